The van der Waals surface area contributed by atoms with E-state index in [1.54, 1.807) is 31.6 Å². The first kappa shape index (κ1) is 11.5. The van der Waals surface area contributed by atoms with Crippen molar-refractivity contribution in [2.45, 2.75) is 0 Å². The molecular formula is C11H9ClN4O. The third kappa shape index (κ3) is 2.57. The smallest absolute Gasteiger partial charge is 0.278 e. The summed E-state index contributed by atoms with van der Waals surface area (Å²) in [4.78, 5) is 25.1. The number of hydrogen-bond donors (Lipinski definition) is 0. The summed E-state index contributed by atoms with van der Waals surface area (Å²) in [7, 11) is 1.65. The molecule has 86 valence electrons. The highest BCUT2D eigenvalue weighted by molar-refractivity contribution is 6.29. The molecule has 2 rings (SSSR count). The van der Waals surface area contributed by atoms with Gasteiger partial charge in [-0.3, -0.25) is 9.78 Å². The average molecular weight is 249 g/mol. The van der Waals surface area contributed by atoms with Crippen LogP contribution in [0.1, 0.15) is 10.5 Å². The lowest BCUT2D eigenvalue weighted by atomic mass is 10.3. The van der Waals surface area contributed by atoms with Gasteiger partial charge in [-0.2, -0.15) is 0 Å². The summed E-state index contributed by atoms with van der Waals surface area (Å²) in [5.74, 6) is -0.262. The topological polar surface area (TPSA) is 59.0 Å². The van der Waals surface area contributed by atoms with Crippen LogP contribution in [-0.4, -0.2) is 27.9 Å². The van der Waals surface area contributed by atoms with Crippen molar-refractivity contribution in [2.75, 3.05) is 11.9 Å². The molecule has 0 aliphatic carbocycles. The fourth-order valence-electron chi connectivity index (χ4n) is 1.26. The van der Waals surface area contributed by atoms with Crippen molar-refractivity contribution in [1.82, 2.24) is 15.0 Å². The summed E-state index contributed by atoms with van der Waals surface area (Å²) in [6, 6.07) is 3.54. The second-order valence-corrected chi connectivity index (χ2v) is 3.69. The predicted octanol–water partition coefficient (Wildman–Crippen LogP) is 1.80. The fraction of sp³-hybridized carbons (Fsp3) is 0.0909. The SMILES string of the molecule is CN(C(=O)c1cnc(Cl)cn1)c1cccnc1. The summed E-state index contributed by atoms with van der Waals surface area (Å²) >= 11 is 5.60. The Balaban J connectivity index is 2.23. The van der Waals surface area contributed by atoms with Crippen LogP contribution in [0.15, 0.2) is 36.9 Å². The van der Waals surface area contributed by atoms with Gasteiger partial charge in [-0.05, 0) is 12.1 Å². The molecule has 0 N–H and O–H groups in total. The number of pyridine rings is 1. The molecule has 0 aliphatic heterocycles. The molecule has 0 aromatic carbocycles. The molecule has 0 bridgehead atoms. The fourth-order valence-corrected chi connectivity index (χ4v) is 1.36. The molecule has 0 spiro atoms. The molecule has 17 heavy (non-hydrogen) atoms. The van der Waals surface area contributed by atoms with Gasteiger partial charge >= 0.3 is 0 Å². The Morgan fingerprint density at radius 3 is 2.71 bits per heavy atom. The van der Waals surface area contributed by atoms with Gasteiger partial charge < -0.3 is 4.90 Å². The molecule has 0 radical (unpaired) electrons. The van der Waals surface area contributed by atoms with Crippen LogP contribution in [0.25, 0.3) is 0 Å². The Morgan fingerprint density at radius 2 is 2.12 bits per heavy atom. The second kappa shape index (κ2) is 4.88. The van der Waals surface area contributed by atoms with Crippen molar-refractivity contribution in [2.24, 2.45) is 0 Å². The third-order valence-corrected chi connectivity index (χ3v) is 2.37. The van der Waals surface area contributed by atoms with Gasteiger partial charge in [0, 0.05) is 13.2 Å². The number of aromatic nitrogens is 3. The zero-order valence-corrected chi connectivity index (χ0v) is 9.80. The monoisotopic (exact) mass is 248 g/mol. The summed E-state index contributed by atoms with van der Waals surface area (Å²) in [6.45, 7) is 0. The second-order valence-electron chi connectivity index (χ2n) is 3.30. The molecule has 0 atom stereocenters. The lowest BCUT2D eigenvalue weighted by molar-refractivity contribution is 0.0988. The van der Waals surface area contributed by atoms with Crippen LogP contribution in [0.4, 0.5) is 5.69 Å². The van der Waals surface area contributed by atoms with Crippen molar-refractivity contribution >= 4 is 23.2 Å². The van der Waals surface area contributed by atoms with E-state index in [0.29, 0.717) is 5.69 Å². The van der Waals surface area contributed by atoms with Crippen molar-refractivity contribution in [3.63, 3.8) is 0 Å². The number of amides is 1. The van der Waals surface area contributed by atoms with Crippen LogP contribution >= 0.6 is 11.6 Å². The Hall–Kier alpha value is -2.01. The van der Waals surface area contributed by atoms with Crippen LogP contribution in [0.5, 0.6) is 0 Å². The number of nitrogens with zero attached hydrogens (tertiary/aromatic N) is 4. The summed E-state index contributed by atoms with van der Waals surface area (Å²) in [5.41, 5.74) is 0.926. The highest BCUT2D eigenvalue weighted by Gasteiger charge is 2.15. The van der Waals surface area contributed by atoms with Crippen LogP contribution in [0, 0.1) is 0 Å². The van der Waals surface area contributed by atoms with Gasteiger partial charge in [-0.15, -0.1) is 0 Å². The normalized spacial score (nSPS) is 10.0. The number of anilines is 1. The zero-order valence-electron chi connectivity index (χ0n) is 9.04. The van der Waals surface area contributed by atoms with E-state index in [-0.39, 0.29) is 16.8 Å². The molecule has 2 aromatic heterocycles. The van der Waals surface area contributed by atoms with Gasteiger partial charge in [0.15, 0.2) is 0 Å². The number of carbonyl (C=O) groups is 1. The standard InChI is InChI=1S/C11H9ClN4O/c1-16(8-3-2-4-13-5-8)11(17)9-6-15-10(12)7-14-9/h2-7H,1H3. The first-order valence-electron chi connectivity index (χ1n) is 4.84. The first-order valence-corrected chi connectivity index (χ1v) is 5.22. The van der Waals surface area contributed by atoms with Gasteiger partial charge in [0.2, 0.25) is 0 Å². The Kier molecular flexibility index (Phi) is 3.30. The number of halogens is 1. The van der Waals surface area contributed by atoms with Gasteiger partial charge in [0.1, 0.15) is 10.8 Å². The van der Waals surface area contributed by atoms with Gasteiger partial charge in [-0.25, -0.2) is 9.97 Å². The van der Waals surface area contributed by atoms with E-state index in [0.717, 1.165) is 0 Å². The molecule has 1 amide bonds. The van der Waals surface area contributed by atoms with Crippen molar-refractivity contribution in [1.29, 1.82) is 0 Å². The highest BCUT2D eigenvalue weighted by Crippen LogP contribution is 2.12. The van der Waals surface area contributed by atoms with Crippen LogP contribution < -0.4 is 4.90 Å². The molecule has 5 nitrogen and oxygen atoms in total. The Bertz CT molecular complexity index is 515. The van der Waals surface area contributed by atoms with Gasteiger partial charge in [-0.1, -0.05) is 11.6 Å². The number of rotatable bonds is 2. The average Bonchev–Trinajstić information content (AvgIpc) is 2.39. The lowest BCUT2D eigenvalue weighted by Gasteiger charge is -2.15. The molecule has 6 heteroatoms. The van der Waals surface area contributed by atoms with E-state index in [1.165, 1.54) is 17.3 Å². The maximum Gasteiger partial charge on any atom is 0.278 e. The first-order chi connectivity index (χ1) is 8.18. The molecule has 2 aromatic rings. The van der Waals surface area contributed by atoms with Crippen LogP contribution in [0.3, 0.4) is 0 Å². The summed E-state index contributed by atoms with van der Waals surface area (Å²) < 4.78 is 0. The summed E-state index contributed by atoms with van der Waals surface area (Å²) in [5, 5.41) is 0.255. The van der Waals surface area contributed by atoms with Gasteiger partial charge in [0.25, 0.3) is 5.91 Å². The molecule has 0 aliphatic rings. The lowest BCUT2D eigenvalue weighted by Crippen LogP contribution is -2.27. The van der Waals surface area contributed by atoms with Crippen molar-refractivity contribution in [3.05, 3.63) is 47.8 Å². The summed E-state index contributed by atoms with van der Waals surface area (Å²) in [6.07, 6.45) is 5.93. The van der Waals surface area contributed by atoms with E-state index in [1.807, 2.05) is 0 Å². The molecule has 2 heterocycles. The van der Waals surface area contributed by atoms with Crippen LogP contribution in [0.2, 0.25) is 5.15 Å². The minimum atomic E-state index is -0.262. The Labute approximate surface area is 103 Å². The van der Waals surface area contributed by atoms with Crippen LogP contribution in [-0.2, 0) is 0 Å². The van der Waals surface area contributed by atoms with Crippen molar-refractivity contribution < 1.29 is 4.79 Å². The molecular weight excluding hydrogens is 240 g/mol. The zero-order chi connectivity index (χ0) is 12.3. The largest absolute Gasteiger partial charge is 0.309 e. The highest BCUT2D eigenvalue weighted by atomic mass is 35.5. The predicted molar refractivity (Wildman–Crippen MR) is 64.0 cm³/mol. The van der Waals surface area contributed by atoms with E-state index < -0.39 is 0 Å². The maximum atomic E-state index is 12.0. The van der Waals surface area contributed by atoms with E-state index in [2.05, 4.69) is 15.0 Å². The molecule has 0 unspecified atom stereocenters. The third-order valence-electron chi connectivity index (χ3n) is 2.18. The maximum absolute atomic E-state index is 12.0. The van der Waals surface area contributed by atoms with Gasteiger partial charge in [0.05, 0.1) is 24.3 Å². The quantitative estimate of drug-likeness (QED) is 0.813. The van der Waals surface area contributed by atoms with E-state index in [4.69, 9.17) is 11.6 Å². The van der Waals surface area contributed by atoms with Crippen molar-refractivity contribution in [3.8, 4) is 0 Å². The minimum absolute atomic E-state index is 0.237. The van der Waals surface area contributed by atoms with E-state index in [9.17, 15) is 4.79 Å². The Morgan fingerprint density at radius 1 is 1.29 bits per heavy atom. The number of carbonyl (C=O) groups excluding carboxylic acids is 1. The number of hydrogen-bond acceptors (Lipinski definition) is 4. The molecule has 0 saturated heterocycles. The molecule has 0 saturated carbocycles. The molecule has 0 fully saturated rings. The minimum Gasteiger partial charge on any atom is -0.309 e. The van der Waals surface area contributed by atoms with E-state index >= 15 is 0 Å².